The molecule has 0 bridgehead atoms. The predicted molar refractivity (Wildman–Crippen MR) is 67.5 cm³/mol. The fourth-order valence-electron chi connectivity index (χ4n) is 2.68. The van der Waals surface area contributed by atoms with Crippen LogP contribution < -0.4 is 5.32 Å². The lowest BCUT2D eigenvalue weighted by molar-refractivity contribution is -0.124. The number of nitrogens with zero attached hydrogens (tertiary/aromatic N) is 1. The molecule has 0 radical (unpaired) electrons. The van der Waals surface area contributed by atoms with E-state index in [4.69, 9.17) is 0 Å². The van der Waals surface area contributed by atoms with Crippen LogP contribution in [0.2, 0.25) is 0 Å². The van der Waals surface area contributed by atoms with Gasteiger partial charge in [-0.2, -0.15) is 0 Å². The number of hydrogen-bond donors (Lipinski definition) is 1. The van der Waals surface area contributed by atoms with Gasteiger partial charge in [0.1, 0.15) is 11.9 Å². The summed E-state index contributed by atoms with van der Waals surface area (Å²) in [5.74, 6) is -2.01. The van der Waals surface area contributed by atoms with Gasteiger partial charge in [0.15, 0.2) is 0 Å². The Balaban J connectivity index is 1.98. The molecule has 2 aliphatic heterocycles. The van der Waals surface area contributed by atoms with E-state index in [1.807, 2.05) is 0 Å². The summed E-state index contributed by atoms with van der Waals surface area (Å²) in [6.07, 6.45) is 2.02. The Kier molecular flexibility index (Phi) is 3.00. The average Bonchev–Trinajstić information content (AvgIpc) is 2.57. The highest BCUT2D eigenvalue weighted by molar-refractivity contribution is 6.22. The van der Waals surface area contributed by atoms with Gasteiger partial charge in [-0.15, -0.1) is 0 Å². The molecule has 5 nitrogen and oxygen atoms in total. The summed E-state index contributed by atoms with van der Waals surface area (Å²) in [7, 11) is 0. The Labute approximate surface area is 114 Å². The first kappa shape index (κ1) is 12.8. The van der Waals surface area contributed by atoms with Crippen molar-refractivity contribution in [2.24, 2.45) is 0 Å². The van der Waals surface area contributed by atoms with Crippen LogP contribution in [0.15, 0.2) is 18.2 Å². The van der Waals surface area contributed by atoms with Gasteiger partial charge in [-0.1, -0.05) is 0 Å². The molecular formula is C14H13FN2O3. The smallest absolute Gasteiger partial charge is 0.262 e. The van der Waals surface area contributed by atoms with E-state index >= 15 is 0 Å². The number of fused-ring (bicyclic) bond motifs is 1. The van der Waals surface area contributed by atoms with E-state index in [2.05, 4.69) is 5.32 Å². The number of halogens is 1. The van der Waals surface area contributed by atoms with Crippen molar-refractivity contribution in [1.82, 2.24) is 10.2 Å². The maximum atomic E-state index is 13.2. The molecule has 3 rings (SSSR count). The Morgan fingerprint density at radius 3 is 2.65 bits per heavy atom. The maximum Gasteiger partial charge on any atom is 0.262 e. The van der Waals surface area contributed by atoms with E-state index in [0.717, 1.165) is 29.9 Å². The molecule has 0 saturated carbocycles. The topological polar surface area (TPSA) is 66.5 Å². The first-order valence-electron chi connectivity index (χ1n) is 6.55. The van der Waals surface area contributed by atoms with Gasteiger partial charge in [0.25, 0.3) is 11.8 Å². The fraction of sp³-hybridized carbons (Fsp3) is 0.357. The van der Waals surface area contributed by atoms with Crippen LogP contribution in [-0.4, -0.2) is 35.2 Å². The van der Waals surface area contributed by atoms with Crippen LogP contribution in [0.4, 0.5) is 4.39 Å². The molecule has 1 fully saturated rings. The molecule has 1 saturated heterocycles. The van der Waals surface area contributed by atoms with E-state index in [0.29, 0.717) is 13.0 Å². The summed E-state index contributed by atoms with van der Waals surface area (Å²) in [5.41, 5.74) is 0.195. The average molecular weight is 276 g/mol. The minimum absolute atomic E-state index is 0.0343. The molecule has 0 spiro atoms. The zero-order chi connectivity index (χ0) is 14.3. The third-order valence-corrected chi connectivity index (χ3v) is 3.70. The molecule has 0 aromatic heterocycles. The van der Waals surface area contributed by atoms with Crippen molar-refractivity contribution in [1.29, 1.82) is 0 Å². The van der Waals surface area contributed by atoms with Crippen LogP contribution in [-0.2, 0) is 4.79 Å². The van der Waals surface area contributed by atoms with Gasteiger partial charge in [0, 0.05) is 6.54 Å². The van der Waals surface area contributed by atoms with Crippen LogP contribution >= 0.6 is 0 Å². The Hall–Kier alpha value is -2.24. The molecule has 1 N–H and O–H groups in total. The maximum absolute atomic E-state index is 13.2. The van der Waals surface area contributed by atoms with E-state index < -0.39 is 23.7 Å². The zero-order valence-electron chi connectivity index (χ0n) is 10.7. The van der Waals surface area contributed by atoms with Gasteiger partial charge in [0.05, 0.1) is 11.1 Å². The summed E-state index contributed by atoms with van der Waals surface area (Å²) in [6, 6.07) is 2.68. The number of rotatable bonds is 1. The molecule has 104 valence electrons. The van der Waals surface area contributed by atoms with Crippen molar-refractivity contribution in [3.63, 3.8) is 0 Å². The lowest BCUT2D eigenvalue weighted by atomic mass is 10.1. The standard InChI is InChI=1S/C14H13FN2O3/c15-8-4-5-9-10(7-8)14(20)17(13(9)19)11-3-1-2-6-16-12(11)18/h4-5,7,11H,1-3,6H2,(H,16,18). The second-order valence-electron chi connectivity index (χ2n) is 4.97. The van der Waals surface area contributed by atoms with E-state index in [1.165, 1.54) is 6.07 Å². The fourth-order valence-corrected chi connectivity index (χ4v) is 2.68. The first-order valence-corrected chi connectivity index (χ1v) is 6.55. The third kappa shape index (κ3) is 1.88. The Morgan fingerprint density at radius 1 is 1.10 bits per heavy atom. The summed E-state index contributed by atoms with van der Waals surface area (Å²) >= 11 is 0. The van der Waals surface area contributed by atoms with Gasteiger partial charge in [0.2, 0.25) is 5.91 Å². The molecule has 2 aliphatic rings. The Morgan fingerprint density at radius 2 is 1.85 bits per heavy atom. The van der Waals surface area contributed by atoms with Gasteiger partial charge in [-0.25, -0.2) is 4.39 Å². The highest BCUT2D eigenvalue weighted by atomic mass is 19.1. The minimum Gasteiger partial charge on any atom is -0.354 e. The second-order valence-corrected chi connectivity index (χ2v) is 4.97. The van der Waals surface area contributed by atoms with Gasteiger partial charge in [-0.05, 0) is 37.5 Å². The van der Waals surface area contributed by atoms with E-state index in [-0.39, 0.29) is 17.0 Å². The molecule has 3 amide bonds. The van der Waals surface area contributed by atoms with Crippen LogP contribution in [0.1, 0.15) is 40.0 Å². The summed E-state index contributed by atoms with van der Waals surface area (Å²) < 4.78 is 13.2. The van der Waals surface area contributed by atoms with Gasteiger partial charge >= 0.3 is 0 Å². The number of amides is 3. The molecule has 1 atom stereocenters. The Bertz CT molecular complexity index is 614. The summed E-state index contributed by atoms with van der Waals surface area (Å²) in [6.45, 7) is 0.549. The number of carbonyl (C=O) groups excluding carboxylic acids is 3. The SMILES string of the molecule is O=C1NCCCCC1N1C(=O)c2ccc(F)cc2C1=O. The van der Waals surface area contributed by atoms with Crippen molar-refractivity contribution in [3.05, 3.63) is 35.1 Å². The number of imide groups is 1. The van der Waals surface area contributed by atoms with E-state index in [1.54, 1.807) is 0 Å². The quantitative estimate of drug-likeness (QED) is 0.781. The molecule has 1 unspecified atom stereocenters. The number of carbonyl (C=O) groups is 3. The van der Waals surface area contributed by atoms with Gasteiger partial charge in [-0.3, -0.25) is 19.3 Å². The molecule has 6 heteroatoms. The third-order valence-electron chi connectivity index (χ3n) is 3.70. The normalized spacial score (nSPS) is 22.6. The van der Waals surface area contributed by atoms with Crippen LogP contribution in [0, 0.1) is 5.82 Å². The van der Waals surface area contributed by atoms with E-state index in [9.17, 15) is 18.8 Å². The minimum atomic E-state index is -0.798. The first-order chi connectivity index (χ1) is 9.59. The molecule has 0 aliphatic carbocycles. The lowest BCUT2D eigenvalue weighted by Crippen LogP contribution is -2.48. The molecular weight excluding hydrogens is 263 g/mol. The monoisotopic (exact) mass is 276 g/mol. The van der Waals surface area contributed by atoms with Crippen LogP contribution in [0.3, 0.4) is 0 Å². The van der Waals surface area contributed by atoms with Crippen molar-refractivity contribution in [2.45, 2.75) is 25.3 Å². The zero-order valence-corrected chi connectivity index (χ0v) is 10.7. The highest BCUT2D eigenvalue weighted by Gasteiger charge is 2.43. The van der Waals surface area contributed by atoms with Crippen molar-refractivity contribution in [2.75, 3.05) is 6.54 Å². The van der Waals surface area contributed by atoms with Crippen molar-refractivity contribution < 1.29 is 18.8 Å². The largest absolute Gasteiger partial charge is 0.354 e. The van der Waals surface area contributed by atoms with Gasteiger partial charge < -0.3 is 5.32 Å². The summed E-state index contributed by atoms with van der Waals surface area (Å²) in [5, 5.41) is 2.69. The van der Waals surface area contributed by atoms with Crippen LogP contribution in [0.5, 0.6) is 0 Å². The number of nitrogens with one attached hydrogen (secondary N) is 1. The second kappa shape index (κ2) is 4.70. The number of hydrogen-bond acceptors (Lipinski definition) is 3. The van der Waals surface area contributed by atoms with Crippen molar-refractivity contribution >= 4 is 17.7 Å². The molecule has 1 aromatic rings. The lowest BCUT2D eigenvalue weighted by Gasteiger charge is -2.23. The molecule has 2 heterocycles. The molecule has 20 heavy (non-hydrogen) atoms. The predicted octanol–water partition coefficient (Wildman–Crippen LogP) is 1.09. The molecule has 1 aromatic carbocycles. The van der Waals surface area contributed by atoms with Crippen LogP contribution in [0.25, 0.3) is 0 Å². The number of benzene rings is 1. The summed E-state index contributed by atoms with van der Waals surface area (Å²) in [4.78, 5) is 37.5. The van der Waals surface area contributed by atoms with Crippen molar-refractivity contribution in [3.8, 4) is 0 Å². The highest BCUT2D eigenvalue weighted by Crippen LogP contribution is 2.27.